The van der Waals surface area contributed by atoms with E-state index in [1.54, 1.807) is 12.1 Å². The van der Waals surface area contributed by atoms with Crippen LogP contribution in [0, 0.1) is 0 Å². The van der Waals surface area contributed by atoms with E-state index in [9.17, 15) is 5.11 Å². The van der Waals surface area contributed by atoms with Crippen molar-refractivity contribution < 1.29 is 14.9 Å². The normalized spacial score (nSPS) is 12.2. The zero-order valence-corrected chi connectivity index (χ0v) is 10.9. The van der Waals surface area contributed by atoms with Gasteiger partial charge in [-0.05, 0) is 25.0 Å². The Hall–Kier alpha value is -1.52. The molecule has 0 aliphatic rings. The summed E-state index contributed by atoms with van der Waals surface area (Å²) in [5.74, 6) is 0.624. The monoisotopic (exact) mass is 251 g/mol. The molecule has 3 N–H and O–H groups in total. The van der Waals surface area contributed by atoms with Gasteiger partial charge >= 0.3 is 0 Å². The van der Waals surface area contributed by atoms with E-state index in [1.807, 2.05) is 13.0 Å². The third kappa shape index (κ3) is 3.75. The lowest BCUT2D eigenvalue weighted by atomic mass is 10.1. The lowest BCUT2D eigenvalue weighted by Crippen LogP contribution is -2.28. The van der Waals surface area contributed by atoms with Gasteiger partial charge in [-0.15, -0.1) is 6.58 Å². The minimum Gasteiger partial charge on any atom is -0.504 e. The minimum absolute atomic E-state index is 0.0349. The first-order valence-electron chi connectivity index (χ1n) is 5.96. The molecule has 0 radical (unpaired) electrons. The molecule has 0 heterocycles. The van der Waals surface area contributed by atoms with E-state index in [0.717, 1.165) is 11.1 Å². The van der Waals surface area contributed by atoms with E-state index < -0.39 is 0 Å². The smallest absolute Gasteiger partial charge is 0.161 e. The summed E-state index contributed by atoms with van der Waals surface area (Å²) in [5.41, 5.74) is 1.79. The number of aromatic hydroxyl groups is 1. The Morgan fingerprint density at radius 3 is 2.78 bits per heavy atom. The summed E-state index contributed by atoms with van der Waals surface area (Å²) in [7, 11) is 1.53. The van der Waals surface area contributed by atoms with Gasteiger partial charge < -0.3 is 20.3 Å². The molecule has 0 aromatic heterocycles. The molecule has 0 aliphatic heterocycles. The number of allylic oxidation sites excluding steroid dienone is 1. The molecule has 1 atom stereocenters. The summed E-state index contributed by atoms with van der Waals surface area (Å²) in [6.07, 6.45) is 2.33. The van der Waals surface area contributed by atoms with Crippen LogP contribution in [0.1, 0.15) is 18.1 Å². The van der Waals surface area contributed by atoms with E-state index in [1.165, 1.54) is 7.11 Å². The number of phenols is 1. The maximum atomic E-state index is 9.93. The lowest BCUT2D eigenvalue weighted by molar-refractivity contribution is 0.251. The molecule has 1 aromatic rings. The zero-order valence-electron chi connectivity index (χ0n) is 10.9. The second kappa shape index (κ2) is 7.03. The molecule has 0 saturated heterocycles. The van der Waals surface area contributed by atoms with Gasteiger partial charge in [0.15, 0.2) is 11.5 Å². The van der Waals surface area contributed by atoms with Crippen molar-refractivity contribution in [1.29, 1.82) is 0 Å². The van der Waals surface area contributed by atoms with Crippen molar-refractivity contribution in [3.8, 4) is 11.5 Å². The Labute approximate surface area is 108 Å². The Bertz CT molecular complexity index is 404. The van der Waals surface area contributed by atoms with Crippen LogP contribution in [-0.2, 0) is 13.0 Å². The molecule has 0 amide bonds. The van der Waals surface area contributed by atoms with Crippen molar-refractivity contribution in [2.45, 2.75) is 25.9 Å². The highest BCUT2D eigenvalue weighted by molar-refractivity contribution is 5.49. The lowest BCUT2D eigenvalue weighted by Gasteiger charge is -2.14. The van der Waals surface area contributed by atoms with Crippen molar-refractivity contribution in [3.05, 3.63) is 35.9 Å². The van der Waals surface area contributed by atoms with Crippen molar-refractivity contribution >= 4 is 0 Å². The van der Waals surface area contributed by atoms with Crippen LogP contribution in [0.3, 0.4) is 0 Å². The molecule has 0 fully saturated rings. The summed E-state index contributed by atoms with van der Waals surface area (Å²) in [6, 6.07) is 3.74. The van der Waals surface area contributed by atoms with Crippen molar-refractivity contribution in [2.75, 3.05) is 13.7 Å². The van der Waals surface area contributed by atoms with Gasteiger partial charge in [0.1, 0.15) is 0 Å². The van der Waals surface area contributed by atoms with Crippen molar-refractivity contribution in [3.63, 3.8) is 0 Å². The summed E-state index contributed by atoms with van der Waals surface area (Å²) >= 11 is 0. The Morgan fingerprint density at radius 2 is 2.22 bits per heavy atom. The van der Waals surface area contributed by atoms with Crippen LogP contribution >= 0.6 is 0 Å². The highest BCUT2D eigenvalue weighted by Crippen LogP contribution is 2.31. The first-order valence-corrected chi connectivity index (χ1v) is 5.96. The van der Waals surface area contributed by atoms with Gasteiger partial charge in [-0.3, -0.25) is 0 Å². The van der Waals surface area contributed by atoms with E-state index in [4.69, 9.17) is 9.84 Å². The second-order valence-electron chi connectivity index (χ2n) is 4.26. The van der Waals surface area contributed by atoms with Gasteiger partial charge in [-0.2, -0.15) is 0 Å². The Balaban J connectivity index is 2.91. The molecular formula is C14H21NO3. The largest absolute Gasteiger partial charge is 0.504 e. The SMILES string of the molecule is C=CCc1cc(CNC(C)CO)cc(OC)c1O. The summed E-state index contributed by atoms with van der Waals surface area (Å²) in [6.45, 7) is 6.28. The van der Waals surface area contributed by atoms with Gasteiger partial charge in [-0.1, -0.05) is 12.1 Å². The van der Waals surface area contributed by atoms with Gasteiger partial charge in [0.2, 0.25) is 0 Å². The molecule has 18 heavy (non-hydrogen) atoms. The molecular weight excluding hydrogens is 230 g/mol. The molecule has 1 aromatic carbocycles. The zero-order chi connectivity index (χ0) is 13.5. The van der Waals surface area contributed by atoms with Gasteiger partial charge in [0.25, 0.3) is 0 Å². The number of nitrogens with one attached hydrogen (secondary N) is 1. The highest BCUT2D eigenvalue weighted by Gasteiger charge is 2.10. The van der Waals surface area contributed by atoms with Crippen LogP contribution in [-0.4, -0.2) is 30.0 Å². The molecule has 0 bridgehead atoms. The maximum Gasteiger partial charge on any atom is 0.161 e. The number of methoxy groups -OCH3 is 1. The number of aliphatic hydroxyl groups excluding tert-OH is 1. The first kappa shape index (κ1) is 14.5. The topological polar surface area (TPSA) is 61.7 Å². The molecule has 1 unspecified atom stereocenters. The number of benzene rings is 1. The predicted molar refractivity (Wildman–Crippen MR) is 71.9 cm³/mol. The van der Waals surface area contributed by atoms with Gasteiger partial charge in [0.05, 0.1) is 13.7 Å². The first-order chi connectivity index (χ1) is 8.62. The van der Waals surface area contributed by atoms with E-state index in [0.29, 0.717) is 18.7 Å². The van der Waals surface area contributed by atoms with Crippen LogP contribution < -0.4 is 10.1 Å². The summed E-state index contributed by atoms with van der Waals surface area (Å²) in [4.78, 5) is 0. The predicted octanol–water partition coefficient (Wildman–Crippen LogP) is 1.60. The molecule has 4 nitrogen and oxygen atoms in total. The van der Waals surface area contributed by atoms with E-state index in [2.05, 4.69) is 11.9 Å². The maximum absolute atomic E-state index is 9.93. The minimum atomic E-state index is 0.0349. The van der Waals surface area contributed by atoms with Crippen LogP contribution in [0.4, 0.5) is 0 Å². The molecule has 0 saturated carbocycles. The average Bonchev–Trinajstić information content (AvgIpc) is 2.39. The van der Waals surface area contributed by atoms with Crippen molar-refractivity contribution in [2.24, 2.45) is 0 Å². The fourth-order valence-corrected chi connectivity index (χ4v) is 1.65. The number of ether oxygens (including phenoxy) is 1. The Kier molecular flexibility index (Phi) is 5.68. The standard InChI is InChI=1S/C14H21NO3/c1-4-5-12-6-11(8-15-10(2)9-16)7-13(18-3)14(12)17/h4,6-7,10,15-17H,1,5,8-9H2,2-3H3. The quantitative estimate of drug-likeness (QED) is 0.644. The van der Waals surface area contributed by atoms with E-state index >= 15 is 0 Å². The molecule has 1 rings (SSSR count). The number of phenolic OH excluding ortho intramolecular Hbond substituents is 1. The number of aliphatic hydroxyl groups is 1. The van der Waals surface area contributed by atoms with Crippen LogP contribution in [0.2, 0.25) is 0 Å². The number of hydrogen-bond acceptors (Lipinski definition) is 4. The molecule has 0 aliphatic carbocycles. The molecule has 0 spiro atoms. The molecule has 100 valence electrons. The number of rotatable bonds is 7. The average molecular weight is 251 g/mol. The third-order valence-corrected chi connectivity index (χ3v) is 2.73. The highest BCUT2D eigenvalue weighted by atomic mass is 16.5. The van der Waals surface area contributed by atoms with E-state index in [-0.39, 0.29) is 18.4 Å². The summed E-state index contributed by atoms with van der Waals surface area (Å²) in [5, 5.41) is 22.1. The van der Waals surface area contributed by atoms with Crippen LogP contribution in [0.15, 0.2) is 24.8 Å². The second-order valence-corrected chi connectivity index (χ2v) is 4.26. The van der Waals surface area contributed by atoms with Gasteiger partial charge in [-0.25, -0.2) is 0 Å². The fraction of sp³-hybridized carbons (Fsp3) is 0.429. The molecule has 4 heteroatoms. The van der Waals surface area contributed by atoms with Crippen LogP contribution in [0.5, 0.6) is 11.5 Å². The number of hydrogen-bond donors (Lipinski definition) is 3. The fourth-order valence-electron chi connectivity index (χ4n) is 1.65. The summed E-state index contributed by atoms with van der Waals surface area (Å²) < 4.78 is 5.14. The van der Waals surface area contributed by atoms with Crippen LogP contribution in [0.25, 0.3) is 0 Å². The van der Waals surface area contributed by atoms with Gasteiger partial charge in [0, 0.05) is 18.2 Å². The van der Waals surface area contributed by atoms with Crippen molar-refractivity contribution in [1.82, 2.24) is 5.32 Å². The Morgan fingerprint density at radius 1 is 1.50 bits per heavy atom. The third-order valence-electron chi connectivity index (χ3n) is 2.73.